The van der Waals surface area contributed by atoms with Gasteiger partial charge in [0.05, 0.1) is 0 Å². The first-order valence-corrected chi connectivity index (χ1v) is 18.7. The van der Waals surface area contributed by atoms with E-state index in [4.69, 9.17) is 12.3 Å². The predicted octanol–water partition coefficient (Wildman–Crippen LogP) is 4.11. The first-order chi connectivity index (χ1) is 7.12. The van der Waals surface area contributed by atoms with Gasteiger partial charge in [0.25, 0.3) is 8.56 Å². The van der Waals surface area contributed by atoms with Crippen LogP contribution in [0.15, 0.2) is 0 Å². The normalized spacial score (nSPS) is 15.2. The molecule has 7 heteroatoms. The molecule has 0 aromatic heterocycles. The van der Waals surface area contributed by atoms with Gasteiger partial charge in [-0.2, -0.15) is 0 Å². The Labute approximate surface area is 112 Å². The molecule has 0 bridgehead atoms. The standard InChI is InChI=1S/C10H30O3Si4/c1-14(2,3)11-16(7,8)13-17(9,10)12-15(4,5)6/h1-10H3/q-1. The molecule has 0 amide bonds. The summed E-state index contributed by atoms with van der Waals surface area (Å²) in [5.41, 5.74) is 0. The third-order valence-electron chi connectivity index (χ3n) is 1.60. The molecule has 0 aromatic carbocycles. The van der Waals surface area contributed by atoms with Crippen LogP contribution < -0.4 is 0 Å². The van der Waals surface area contributed by atoms with Gasteiger partial charge in [-0.25, -0.2) is 0 Å². The Bertz CT molecular complexity index is 227. The van der Waals surface area contributed by atoms with Gasteiger partial charge < -0.3 is 12.3 Å². The van der Waals surface area contributed by atoms with Crippen molar-refractivity contribution in [3.8, 4) is 0 Å². The van der Waals surface area contributed by atoms with Gasteiger partial charge in [-0.1, -0.05) is 0 Å². The second-order valence-electron chi connectivity index (χ2n) is 7.33. The summed E-state index contributed by atoms with van der Waals surface area (Å²) in [5.74, 6) is 0. The van der Waals surface area contributed by atoms with Crippen molar-refractivity contribution in [3.05, 3.63) is 0 Å². The summed E-state index contributed by atoms with van der Waals surface area (Å²) in [7, 11) is -7.18. The van der Waals surface area contributed by atoms with Crippen molar-refractivity contribution >= 4 is 33.8 Å². The van der Waals surface area contributed by atoms with Gasteiger partial charge in [0.2, 0.25) is 0 Å². The van der Waals surface area contributed by atoms with Crippen LogP contribution in [0.25, 0.3) is 0 Å². The molecule has 0 aliphatic heterocycles. The summed E-state index contributed by atoms with van der Waals surface area (Å²) in [4.78, 5) is 0. The fraction of sp³-hybridized carbons (Fsp3) is 1.00. The van der Waals surface area contributed by atoms with Crippen molar-refractivity contribution in [2.24, 2.45) is 0 Å². The Hall–Kier alpha value is 0.748. The van der Waals surface area contributed by atoms with E-state index in [1.54, 1.807) is 0 Å². The molecular formula is C10H30O3Si4-. The Morgan fingerprint density at radius 2 is 1.06 bits per heavy atom. The zero-order valence-corrected chi connectivity index (χ0v) is 17.2. The van der Waals surface area contributed by atoms with Crippen molar-refractivity contribution in [2.75, 3.05) is 0 Å². The highest BCUT2D eigenvalue weighted by molar-refractivity contribution is 6.89. The lowest BCUT2D eigenvalue weighted by molar-refractivity contribution is 0.331. The third kappa shape index (κ3) is 10.4. The van der Waals surface area contributed by atoms with Crippen LogP contribution in [0.5, 0.6) is 0 Å². The van der Waals surface area contributed by atoms with E-state index >= 15 is 0 Å². The van der Waals surface area contributed by atoms with Gasteiger partial charge in [-0.05, 0) is 54.1 Å². The molecular weight excluding hydrogens is 280 g/mol. The van der Waals surface area contributed by atoms with Gasteiger partial charge in [-0.15, -0.1) is 19.6 Å². The molecule has 0 saturated heterocycles. The Morgan fingerprint density at radius 1 is 0.647 bits per heavy atom. The molecule has 0 saturated carbocycles. The summed E-state index contributed by atoms with van der Waals surface area (Å²) >= 11 is 0. The van der Waals surface area contributed by atoms with Gasteiger partial charge in [-0.3, -0.25) is 0 Å². The molecule has 0 spiro atoms. The molecule has 0 N–H and O–H groups in total. The summed E-state index contributed by atoms with van der Waals surface area (Å²) in [6, 6.07) is 0. The highest BCUT2D eigenvalue weighted by atomic mass is 28.5. The first-order valence-electron chi connectivity index (χ1n) is 6.22. The Balaban J connectivity index is 4.59. The highest BCUT2D eigenvalue weighted by Crippen LogP contribution is 2.23. The van der Waals surface area contributed by atoms with Gasteiger partial charge in [0, 0.05) is 0 Å². The maximum Gasteiger partial charge on any atom is 0.312 e. The maximum atomic E-state index is 6.28. The fourth-order valence-electron chi connectivity index (χ4n) is 2.11. The third-order valence-corrected chi connectivity index (χ3v) is 14.4. The van der Waals surface area contributed by atoms with Crippen LogP contribution in [0.3, 0.4) is 0 Å². The molecule has 0 radical (unpaired) electrons. The molecule has 0 heterocycles. The molecule has 105 valence electrons. The lowest BCUT2D eigenvalue weighted by atomic mass is 11.8. The second-order valence-corrected chi connectivity index (χ2v) is 23.8. The minimum Gasteiger partial charge on any atom is -0.590 e. The largest absolute Gasteiger partial charge is 0.590 e. The molecule has 0 aromatic rings. The van der Waals surface area contributed by atoms with Crippen LogP contribution in [-0.2, 0) is 12.3 Å². The maximum absolute atomic E-state index is 6.28. The quantitative estimate of drug-likeness (QED) is 0.691. The highest BCUT2D eigenvalue weighted by Gasteiger charge is 2.38. The van der Waals surface area contributed by atoms with E-state index in [0.717, 1.165) is 0 Å². The monoisotopic (exact) mass is 310 g/mol. The summed E-state index contributed by atoms with van der Waals surface area (Å²) < 4.78 is 18.7. The number of hydrogen-bond donors (Lipinski definition) is 0. The zero-order valence-electron chi connectivity index (χ0n) is 13.2. The average Bonchev–Trinajstić information content (AvgIpc) is 1.65. The van der Waals surface area contributed by atoms with Crippen LogP contribution in [0.2, 0.25) is 65.5 Å². The van der Waals surface area contributed by atoms with Crippen molar-refractivity contribution < 1.29 is 12.3 Å². The topological polar surface area (TPSA) is 27.7 Å². The van der Waals surface area contributed by atoms with Gasteiger partial charge in [0.1, 0.15) is 0 Å². The van der Waals surface area contributed by atoms with Crippen molar-refractivity contribution in [2.45, 2.75) is 65.5 Å². The van der Waals surface area contributed by atoms with Crippen LogP contribution in [0, 0.1) is 0 Å². The molecule has 0 fully saturated rings. The lowest BCUT2D eigenvalue weighted by Crippen LogP contribution is -2.55. The van der Waals surface area contributed by atoms with E-state index in [1.165, 1.54) is 0 Å². The Morgan fingerprint density at radius 3 is 1.35 bits per heavy atom. The molecule has 17 heavy (non-hydrogen) atoms. The van der Waals surface area contributed by atoms with Gasteiger partial charge in [0.15, 0.2) is 8.32 Å². The average molecular weight is 311 g/mol. The molecule has 0 aliphatic carbocycles. The van der Waals surface area contributed by atoms with E-state index in [0.29, 0.717) is 0 Å². The first kappa shape index (κ1) is 17.7. The van der Waals surface area contributed by atoms with Crippen molar-refractivity contribution in [1.29, 1.82) is 0 Å². The van der Waals surface area contributed by atoms with Crippen molar-refractivity contribution in [3.63, 3.8) is 0 Å². The number of rotatable bonds is 6. The van der Waals surface area contributed by atoms with Crippen LogP contribution in [0.1, 0.15) is 0 Å². The fourth-order valence-corrected chi connectivity index (χ4v) is 19.7. The summed E-state index contributed by atoms with van der Waals surface area (Å²) in [6.45, 7) is 21.8. The molecule has 0 aliphatic rings. The van der Waals surface area contributed by atoms with Gasteiger partial charge >= 0.3 is 8.56 Å². The van der Waals surface area contributed by atoms with Crippen LogP contribution >= 0.6 is 0 Å². The van der Waals surface area contributed by atoms with E-state index in [9.17, 15) is 0 Å². The molecule has 0 atom stereocenters. The molecule has 3 nitrogen and oxygen atoms in total. The minimum atomic E-state index is -2.05. The number of hydrogen-bond acceptors (Lipinski definition) is 3. The minimum absolute atomic E-state index is 1.54. The molecule has 0 unspecified atom stereocenters. The lowest BCUT2D eigenvalue weighted by Gasteiger charge is -2.44. The predicted molar refractivity (Wildman–Crippen MR) is 84.9 cm³/mol. The second kappa shape index (κ2) is 5.39. The van der Waals surface area contributed by atoms with E-state index in [1.807, 2.05) is 0 Å². The SMILES string of the molecule is C[Si](C)(C)O[Si](C)(C)O[Si](C)(C)O[Si-](C)(C)C. The van der Waals surface area contributed by atoms with E-state index < -0.39 is 33.8 Å². The molecule has 0 rings (SSSR count). The smallest absolute Gasteiger partial charge is 0.312 e. The zero-order chi connectivity index (χ0) is 14.1. The Kier molecular flexibility index (Phi) is 5.63. The van der Waals surface area contributed by atoms with E-state index in [2.05, 4.69) is 65.5 Å². The summed E-state index contributed by atoms with van der Waals surface area (Å²) in [6.07, 6.45) is 0. The summed E-state index contributed by atoms with van der Waals surface area (Å²) in [5, 5.41) is 0. The van der Waals surface area contributed by atoms with Crippen molar-refractivity contribution in [1.82, 2.24) is 0 Å². The van der Waals surface area contributed by atoms with Crippen LogP contribution in [0.4, 0.5) is 0 Å². The van der Waals surface area contributed by atoms with E-state index in [-0.39, 0.29) is 0 Å². The van der Waals surface area contributed by atoms with Crippen LogP contribution in [-0.4, -0.2) is 33.8 Å².